The molecule has 2 saturated heterocycles. The van der Waals surface area contributed by atoms with Crippen LogP contribution in [0.5, 0.6) is 0 Å². The number of aromatic nitrogens is 3. The predicted molar refractivity (Wildman–Crippen MR) is 152 cm³/mol. The Kier molecular flexibility index (Phi) is 6.76. The van der Waals surface area contributed by atoms with E-state index in [9.17, 15) is 9.90 Å². The first kappa shape index (κ1) is 26.5. The third-order valence-corrected chi connectivity index (χ3v) is 9.19. The summed E-state index contributed by atoms with van der Waals surface area (Å²) in [5, 5.41) is 19.2. The van der Waals surface area contributed by atoms with Gasteiger partial charge in [0.25, 0.3) is 11.8 Å². The number of fused-ring (bicyclic) bond motifs is 2. The Morgan fingerprint density at radius 2 is 1.73 bits per heavy atom. The standard InChI is InChI=1S/C30H28Cl2N4O5/c1-15-20(4-2-5-21(15)29(37)38)28-33-30(35-41-28)36-17-10-11-18(36)13-19(12-17)39-14-22-26(34-40-27(22)16-8-9-16)25-23(31)6-3-7-24(25)32/h2-7,16-19H,8-14H2,1H3,(H,37,38). The minimum Gasteiger partial charge on any atom is -0.478 e. The number of halogens is 2. The largest absolute Gasteiger partial charge is 0.478 e. The highest BCUT2D eigenvalue weighted by Crippen LogP contribution is 2.47. The number of rotatable bonds is 8. The third kappa shape index (κ3) is 4.79. The normalized spacial score (nSPS) is 21.9. The summed E-state index contributed by atoms with van der Waals surface area (Å²) in [5.41, 5.74) is 3.71. The molecule has 2 aromatic heterocycles. The molecule has 4 aromatic rings. The maximum absolute atomic E-state index is 11.6. The van der Waals surface area contributed by atoms with Crippen molar-refractivity contribution in [2.45, 2.75) is 76.2 Å². The van der Waals surface area contributed by atoms with E-state index < -0.39 is 5.97 Å². The molecule has 0 radical (unpaired) electrons. The molecule has 2 aliphatic heterocycles. The van der Waals surface area contributed by atoms with Gasteiger partial charge in [-0.1, -0.05) is 40.5 Å². The van der Waals surface area contributed by atoms with E-state index in [-0.39, 0.29) is 23.8 Å². The highest BCUT2D eigenvalue weighted by molar-refractivity contribution is 6.39. The Hall–Kier alpha value is -3.40. The summed E-state index contributed by atoms with van der Waals surface area (Å²) in [6.45, 7) is 2.13. The van der Waals surface area contributed by atoms with Gasteiger partial charge in [-0.2, -0.15) is 4.98 Å². The van der Waals surface area contributed by atoms with Crippen LogP contribution in [0.25, 0.3) is 22.7 Å². The van der Waals surface area contributed by atoms with Crippen molar-refractivity contribution < 1.29 is 23.7 Å². The number of anilines is 1. The number of nitrogens with zero attached hydrogens (tertiary/aromatic N) is 4. The summed E-state index contributed by atoms with van der Waals surface area (Å²) >= 11 is 13.0. The number of aromatic carboxylic acids is 1. The third-order valence-electron chi connectivity index (χ3n) is 8.56. The van der Waals surface area contributed by atoms with E-state index in [0.717, 1.165) is 49.8 Å². The predicted octanol–water partition coefficient (Wildman–Crippen LogP) is 7.30. The van der Waals surface area contributed by atoms with Crippen LogP contribution in [-0.2, 0) is 11.3 Å². The molecule has 0 amide bonds. The fourth-order valence-electron chi connectivity index (χ4n) is 6.37. The first-order valence-electron chi connectivity index (χ1n) is 13.9. The molecule has 3 aliphatic rings. The summed E-state index contributed by atoms with van der Waals surface area (Å²) in [7, 11) is 0. The van der Waals surface area contributed by atoms with Crippen LogP contribution in [0.1, 0.15) is 71.7 Å². The maximum Gasteiger partial charge on any atom is 0.335 e. The number of hydrogen-bond acceptors (Lipinski definition) is 8. The monoisotopic (exact) mass is 594 g/mol. The van der Waals surface area contributed by atoms with Crippen molar-refractivity contribution in [2.75, 3.05) is 4.90 Å². The number of benzene rings is 2. The summed E-state index contributed by atoms with van der Waals surface area (Å²) in [5.74, 6) is 1.11. The van der Waals surface area contributed by atoms with Crippen LogP contribution in [0.3, 0.4) is 0 Å². The Morgan fingerprint density at radius 1 is 1.02 bits per heavy atom. The van der Waals surface area contributed by atoms with E-state index in [4.69, 9.17) is 37.0 Å². The van der Waals surface area contributed by atoms with Crippen molar-refractivity contribution >= 4 is 35.1 Å². The van der Waals surface area contributed by atoms with Gasteiger partial charge >= 0.3 is 5.97 Å². The van der Waals surface area contributed by atoms with Crippen LogP contribution in [0, 0.1) is 6.92 Å². The molecular formula is C30H28Cl2N4O5. The second kappa shape index (κ2) is 10.5. The lowest BCUT2D eigenvalue weighted by molar-refractivity contribution is 0.0144. The summed E-state index contributed by atoms with van der Waals surface area (Å²) < 4.78 is 18.0. The molecule has 11 heteroatoms. The smallest absolute Gasteiger partial charge is 0.335 e. The van der Waals surface area contributed by atoms with Gasteiger partial charge < -0.3 is 23.8 Å². The van der Waals surface area contributed by atoms with Gasteiger partial charge in [0.1, 0.15) is 11.5 Å². The van der Waals surface area contributed by atoms with Gasteiger partial charge in [0.15, 0.2) is 0 Å². The average Bonchev–Trinajstić information content (AvgIpc) is 3.42. The molecule has 1 saturated carbocycles. The fourth-order valence-corrected chi connectivity index (χ4v) is 6.94. The minimum atomic E-state index is -0.984. The van der Waals surface area contributed by atoms with Crippen LogP contribution < -0.4 is 4.90 Å². The van der Waals surface area contributed by atoms with E-state index in [1.54, 1.807) is 37.3 Å². The molecular weight excluding hydrogens is 567 g/mol. The number of carboxylic acids is 1. The van der Waals surface area contributed by atoms with Gasteiger partial charge in [-0.3, -0.25) is 0 Å². The van der Waals surface area contributed by atoms with Gasteiger partial charge in [-0.25, -0.2) is 4.79 Å². The molecule has 0 spiro atoms. The van der Waals surface area contributed by atoms with Crippen molar-refractivity contribution in [3.05, 3.63) is 68.9 Å². The quantitative estimate of drug-likeness (QED) is 0.224. The molecule has 212 valence electrons. The first-order chi connectivity index (χ1) is 19.9. The topological polar surface area (TPSA) is 115 Å². The number of hydrogen-bond donors (Lipinski definition) is 1. The van der Waals surface area contributed by atoms with Crippen LogP contribution in [-0.4, -0.2) is 44.6 Å². The van der Waals surface area contributed by atoms with Gasteiger partial charge in [-0.15, -0.1) is 0 Å². The van der Waals surface area contributed by atoms with E-state index in [2.05, 4.69) is 20.2 Å². The lowest BCUT2D eigenvalue weighted by Crippen LogP contribution is -2.46. The number of carboxylic acid groups (broad SMARTS) is 1. The van der Waals surface area contributed by atoms with Gasteiger partial charge in [-0.05, 0) is 80.4 Å². The van der Waals surface area contributed by atoms with Crippen LogP contribution in [0.4, 0.5) is 5.95 Å². The second-order valence-corrected chi connectivity index (χ2v) is 11.9. The molecule has 1 N–H and O–H groups in total. The van der Waals surface area contributed by atoms with E-state index in [0.29, 0.717) is 56.8 Å². The van der Waals surface area contributed by atoms with Crippen molar-refractivity contribution in [3.63, 3.8) is 0 Å². The van der Waals surface area contributed by atoms with Crippen molar-refractivity contribution in [1.29, 1.82) is 0 Å². The summed E-state index contributed by atoms with van der Waals surface area (Å²) in [6, 6.07) is 10.9. The molecule has 2 unspecified atom stereocenters. The molecule has 7 rings (SSSR count). The van der Waals surface area contributed by atoms with Crippen molar-refractivity contribution in [1.82, 2.24) is 15.3 Å². The van der Waals surface area contributed by atoms with E-state index in [1.807, 2.05) is 6.07 Å². The zero-order chi connectivity index (χ0) is 28.2. The van der Waals surface area contributed by atoms with Crippen LogP contribution in [0.15, 0.2) is 45.4 Å². The lowest BCUT2D eigenvalue weighted by Gasteiger charge is -2.37. The van der Waals surface area contributed by atoms with E-state index >= 15 is 0 Å². The van der Waals surface area contributed by atoms with Gasteiger partial charge in [0, 0.05) is 34.7 Å². The Morgan fingerprint density at radius 3 is 2.41 bits per heavy atom. The summed E-state index contributed by atoms with van der Waals surface area (Å²) in [4.78, 5) is 18.5. The fraction of sp³-hybridized carbons (Fsp3) is 0.400. The highest BCUT2D eigenvalue weighted by Gasteiger charge is 2.44. The maximum atomic E-state index is 11.6. The molecule has 41 heavy (non-hydrogen) atoms. The van der Waals surface area contributed by atoms with E-state index in [1.165, 1.54) is 0 Å². The Balaban J connectivity index is 1.08. The SMILES string of the molecule is Cc1c(C(=O)O)cccc1-c1nc(N2C3CCC2CC(OCc2c(-c4c(Cl)cccc4Cl)noc2C2CC2)C3)no1. The molecule has 9 nitrogen and oxygen atoms in total. The second-order valence-electron chi connectivity index (χ2n) is 11.1. The van der Waals surface area contributed by atoms with Gasteiger partial charge in [0.2, 0.25) is 0 Å². The van der Waals surface area contributed by atoms with Crippen LogP contribution >= 0.6 is 23.2 Å². The minimum absolute atomic E-state index is 0.0566. The number of ether oxygens (including phenoxy) is 1. The molecule has 1 aliphatic carbocycles. The van der Waals surface area contributed by atoms with Crippen molar-refractivity contribution in [3.8, 4) is 22.7 Å². The zero-order valence-corrected chi connectivity index (χ0v) is 23.9. The zero-order valence-electron chi connectivity index (χ0n) is 22.3. The lowest BCUT2D eigenvalue weighted by atomic mass is 9.99. The molecule has 2 atom stereocenters. The number of carbonyl (C=O) groups is 1. The average molecular weight is 595 g/mol. The summed E-state index contributed by atoms with van der Waals surface area (Å²) in [6.07, 6.45) is 5.91. The molecule has 3 fully saturated rings. The first-order valence-corrected chi connectivity index (χ1v) is 14.6. The highest BCUT2D eigenvalue weighted by atomic mass is 35.5. The number of piperidine rings is 1. The molecule has 2 aromatic carbocycles. The molecule has 4 heterocycles. The van der Waals surface area contributed by atoms with Crippen LogP contribution in [0.2, 0.25) is 10.0 Å². The molecule has 2 bridgehead atoms. The van der Waals surface area contributed by atoms with Gasteiger partial charge in [0.05, 0.1) is 28.3 Å². The Labute approximate surface area is 246 Å². The Bertz CT molecular complexity index is 1600. The van der Waals surface area contributed by atoms with Crippen molar-refractivity contribution in [2.24, 2.45) is 0 Å².